The SMILES string of the molecule is CCOC(=O)CNC(=O)Nc1cccc([C@@H]2O[C@H](CSc3nccn3C)[C@H](C)[C@H](c3ccc(CO)cc3)O2)c1. The van der Waals surface area contributed by atoms with E-state index in [0.29, 0.717) is 11.4 Å². The molecular formula is C28H34N4O6S. The highest BCUT2D eigenvalue weighted by Gasteiger charge is 2.38. The number of carbonyl (C=O) groups is 2. The highest BCUT2D eigenvalue weighted by Crippen LogP contribution is 2.43. The Labute approximate surface area is 232 Å². The van der Waals surface area contributed by atoms with Crippen LogP contribution in [0.3, 0.4) is 0 Å². The summed E-state index contributed by atoms with van der Waals surface area (Å²) in [6, 6.07) is 14.5. The van der Waals surface area contributed by atoms with E-state index in [-0.39, 0.29) is 37.9 Å². The maximum absolute atomic E-state index is 12.3. The quantitative estimate of drug-likeness (QED) is 0.252. The van der Waals surface area contributed by atoms with Crippen LogP contribution < -0.4 is 10.6 Å². The third-order valence-corrected chi connectivity index (χ3v) is 7.54. The number of nitrogens with one attached hydrogen (secondary N) is 2. The largest absolute Gasteiger partial charge is 0.465 e. The second-order valence-electron chi connectivity index (χ2n) is 9.19. The Morgan fingerprint density at radius 2 is 1.95 bits per heavy atom. The van der Waals surface area contributed by atoms with Crippen molar-refractivity contribution in [2.45, 2.75) is 44.1 Å². The number of aliphatic hydroxyl groups is 1. The summed E-state index contributed by atoms with van der Waals surface area (Å²) in [6.45, 7) is 3.81. The molecule has 2 aromatic carbocycles. The Morgan fingerprint density at radius 1 is 1.15 bits per heavy atom. The number of carbonyl (C=O) groups excluding carboxylic acids is 2. The smallest absolute Gasteiger partial charge is 0.325 e. The lowest BCUT2D eigenvalue weighted by atomic mass is 9.91. The Kier molecular flexibility index (Phi) is 9.99. The Bertz CT molecular complexity index is 1250. The number of rotatable bonds is 10. The van der Waals surface area contributed by atoms with Gasteiger partial charge >= 0.3 is 12.0 Å². The Morgan fingerprint density at radius 3 is 2.64 bits per heavy atom. The second-order valence-corrected chi connectivity index (χ2v) is 10.2. The zero-order valence-corrected chi connectivity index (χ0v) is 23.0. The predicted molar refractivity (Wildman–Crippen MR) is 147 cm³/mol. The third-order valence-electron chi connectivity index (χ3n) is 6.39. The summed E-state index contributed by atoms with van der Waals surface area (Å²) in [4.78, 5) is 28.2. The van der Waals surface area contributed by atoms with E-state index in [2.05, 4.69) is 22.5 Å². The van der Waals surface area contributed by atoms with Gasteiger partial charge in [0.05, 0.1) is 25.4 Å². The van der Waals surface area contributed by atoms with Crippen molar-refractivity contribution in [3.05, 3.63) is 77.6 Å². The van der Waals surface area contributed by atoms with Gasteiger partial charge in [-0.1, -0.05) is 55.1 Å². The van der Waals surface area contributed by atoms with Gasteiger partial charge in [-0.15, -0.1) is 0 Å². The fourth-order valence-corrected chi connectivity index (χ4v) is 5.36. The molecule has 10 nitrogen and oxygen atoms in total. The number of anilines is 1. The van der Waals surface area contributed by atoms with Gasteiger partial charge in [0, 0.05) is 42.4 Å². The van der Waals surface area contributed by atoms with Crippen LogP contribution >= 0.6 is 11.8 Å². The lowest BCUT2D eigenvalue weighted by Gasteiger charge is -2.41. The summed E-state index contributed by atoms with van der Waals surface area (Å²) >= 11 is 1.62. The van der Waals surface area contributed by atoms with E-state index in [1.54, 1.807) is 37.0 Å². The van der Waals surface area contributed by atoms with Crippen molar-refractivity contribution in [2.24, 2.45) is 13.0 Å². The molecule has 1 fully saturated rings. The van der Waals surface area contributed by atoms with Gasteiger partial charge in [-0.2, -0.15) is 0 Å². The van der Waals surface area contributed by atoms with Crippen LogP contribution in [0, 0.1) is 5.92 Å². The summed E-state index contributed by atoms with van der Waals surface area (Å²) in [5, 5.41) is 15.6. The predicted octanol–water partition coefficient (Wildman–Crippen LogP) is 4.18. The van der Waals surface area contributed by atoms with Crippen molar-refractivity contribution in [3.8, 4) is 0 Å². The summed E-state index contributed by atoms with van der Waals surface area (Å²) in [5.41, 5.74) is 3.10. The number of benzene rings is 2. The summed E-state index contributed by atoms with van der Waals surface area (Å²) in [5.74, 6) is 0.196. The van der Waals surface area contributed by atoms with Gasteiger partial charge in [-0.05, 0) is 30.2 Å². The van der Waals surface area contributed by atoms with Crippen molar-refractivity contribution in [2.75, 3.05) is 24.2 Å². The number of esters is 1. The summed E-state index contributed by atoms with van der Waals surface area (Å²) in [6.07, 6.45) is 2.59. The molecule has 0 spiro atoms. The lowest BCUT2D eigenvalue weighted by Crippen LogP contribution is -2.38. The van der Waals surface area contributed by atoms with Gasteiger partial charge in [-0.3, -0.25) is 4.79 Å². The third kappa shape index (κ3) is 7.60. The number of nitrogens with zero attached hydrogens (tertiary/aromatic N) is 2. The van der Waals surface area contributed by atoms with Crippen molar-refractivity contribution in [1.29, 1.82) is 0 Å². The van der Waals surface area contributed by atoms with Crippen LogP contribution in [0.4, 0.5) is 10.5 Å². The average Bonchev–Trinajstić information content (AvgIpc) is 3.36. The van der Waals surface area contributed by atoms with Crippen molar-refractivity contribution in [3.63, 3.8) is 0 Å². The van der Waals surface area contributed by atoms with Gasteiger partial charge in [-0.25, -0.2) is 9.78 Å². The minimum Gasteiger partial charge on any atom is -0.465 e. The van der Waals surface area contributed by atoms with E-state index in [0.717, 1.165) is 21.8 Å². The fourth-order valence-electron chi connectivity index (χ4n) is 4.26. The van der Waals surface area contributed by atoms with Crippen LogP contribution in [0.5, 0.6) is 0 Å². The topological polar surface area (TPSA) is 124 Å². The first kappa shape index (κ1) is 28.6. The van der Waals surface area contributed by atoms with Gasteiger partial charge in [0.15, 0.2) is 11.4 Å². The Balaban J connectivity index is 1.51. The highest BCUT2D eigenvalue weighted by atomic mass is 32.2. The number of urea groups is 1. The molecule has 208 valence electrons. The second kappa shape index (κ2) is 13.6. The fraction of sp³-hybridized carbons (Fsp3) is 0.393. The maximum Gasteiger partial charge on any atom is 0.325 e. The van der Waals surface area contributed by atoms with Crippen molar-refractivity contribution >= 4 is 29.4 Å². The first-order chi connectivity index (χ1) is 18.9. The number of ether oxygens (including phenoxy) is 3. The number of amides is 2. The lowest BCUT2D eigenvalue weighted by molar-refractivity contribution is -0.268. The van der Waals surface area contributed by atoms with E-state index in [1.165, 1.54) is 0 Å². The molecule has 0 saturated carbocycles. The van der Waals surface area contributed by atoms with Gasteiger partial charge in [0.1, 0.15) is 6.54 Å². The van der Waals surface area contributed by atoms with E-state index in [4.69, 9.17) is 14.2 Å². The molecule has 3 N–H and O–H groups in total. The number of aliphatic hydroxyl groups excluding tert-OH is 1. The number of aromatic nitrogens is 2. The molecule has 0 unspecified atom stereocenters. The molecule has 11 heteroatoms. The molecule has 2 heterocycles. The number of hydrogen-bond donors (Lipinski definition) is 3. The molecule has 0 bridgehead atoms. The van der Waals surface area contributed by atoms with Crippen LogP contribution in [-0.4, -0.2) is 51.7 Å². The molecule has 1 aliphatic heterocycles. The summed E-state index contributed by atoms with van der Waals surface area (Å²) < 4.78 is 19.8. The standard InChI is InChI=1S/C28H34N4O6S/c1-4-36-24(34)15-30-27(35)31-22-7-5-6-21(14-22)26-37-23(17-39-28-29-12-13-32(28)3)18(2)25(38-26)20-10-8-19(16-33)9-11-20/h5-14,18,23,25-26,33H,4,15-17H2,1-3H3,(H2,30,31,35)/t18-,23+,25+,26+/m0/s1. The molecule has 0 aliphatic carbocycles. The van der Waals surface area contributed by atoms with E-state index in [9.17, 15) is 14.7 Å². The Hall–Kier alpha value is -3.38. The molecular weight excluding hydrogens is 520 g/mol. The number of imidazole rings is 1. The number of thioether (sulfide) groups is 1. The monoisotopic (exact) mass is 554 g/mol. The van der Waals surface area contributed by atoms with E-state index >= 15 is 0 Å². The minimum absolute atomic E-state index is 0.0246. The minimum atomic E-state index is -0.681. The summed E-state index contributed by atoms with van der Waals surface area (Å²) in [7, 11) is 1.96. The van der Waals surface area contributed by atoms with E-state index < -0.39 is 18.3 Å². The molecule has 1 saturated heterocycles. The van der Waals surface area contributed by atoms with Gasteiger partial charge < -0.3 is 34.5 Å². The van der Waals surface area contributed by atoms with Crippen molar-refractivity contribution < 1.29 is 28.9 Å². The number of aryl methyl sites for hydroxylation is 1. The van der Waals surface area contributed by atoms with Crippen LogP contribution in [0.15, 0.2) is 66.1 Å². The molecule has 1 aromatic heterocycles. The molecule has 0 radical (unpaired) electrons. The average molecular weight is 555 g/mol. The molecule has 39 heavy (non-hydrogen) atoms. The first-order valence-corrected chi connectivity index (χ1v) is 13.8. The number of hydrogen-bond acceptors (Lipinski definition) is 8. The van der Waals surface area contributed by atoms with Crippen LogP contribution in [0.1, 0.15) is 42.9 Å². The van der Waals surface area contributed by atoms with Crippen LogP contribution in [0.2, 0.25) is 0 Å². The molecule has 2 amide bonds. The zero-order valence-electron chi connectivity index (χ0n) is 22.2. The van der Waals surface area contributed by atoms with Crippen LogP contribution in [0.25, 0.3) is 0 Å². The zero-order chi connectivity index (χ0) is 27.8. The molecule has 4 rings (SSSR count). The molecule has 1 aliphatic rings. The van der Waals surface area contributed by atoms with Crippen LogP contribution in [-0.2, 0) is 32.7 Å². The first-order valence-electron chi connectivity index (χ1n) is 12.8. The molecule has 3 aromatic rings. The highest BCUT2D eigenvalue weighted by molar-refractivity contribution is 7.99. The normalized spacial score (nSPS) is 20.8. The van der Waals surface area contributed by atoms with Gasteiger partial charge in [0.2, 0.25) is 0 Å². The van der Waals surface area contributed by atoms with E-state index in [1.807, 2.05) is 54.2 Å². The van der Waals surface area contributed by atoms with Gasteiger partial charge in [0.25, 0.3) is 0 Å². The molecule has 4 atom stereocenters. The van der Waals surface area contributed by atoms with Crippen molar-refractivity contribution in [1.82, 2.24) is 14.9 Å². The maximum atomic E-state index is 12.3.